The number of rotatable bonds is 15. The highest BCUT2D eigenvalue weighted by Crippen LogP contribution is 2.34. The number of nitrogens with one attached hydrogen (secondary N) is 1. The maximum Gasteiger partial charge on any atom is 0.353 e. The second kappa shape index (κ2) is 13.7. The minimum atomic E-state index is -2.14. The third-order valence-electron chi connectivity index (χ3n) is 6.01. The topological polar surface area (TPSA) is 318 Å². The van der Waals surface area contributed by atoms with Crippen LogP contribution in [0.5, 0.6) is 11.5 Å². The number of carbonyl (C=O) groups is 7. The minimum Gasteiger partial charge on any atom is -0.504 e. The molecule has 46 heavy (non-hydrogen) atoms. The van der Waals surface area contributed by atoms with Crippen molar-refractivity contribution in [2.24, 2.45) is 10.3 Å². The molecular formula is C25H24N6O14S. The molecule has 0 saturated carbocycles. The lowest BCUT2D eigenvalue weighted by Crippen LogP contribution is -2.46. The van der Waals surface area contributed by atoms with Crippen LogP contribution in [0.15, 0.2) is 27.8 Å². The number of fused-ring (bicyclic) bond motifs is 1. The van der Waals surface area contributed by atoms with Gasteiger partial charge in [0.15, 0.2) is 28.1 Å². The van der Waals surface area contributed by atoms with E-state index in [1.165, 1.54) is 5.38 Å². The van der Waals surface area contributed by atoms with Crippen molar-refractivity contribution in [2.75, 3.05) is 12.3 Å². The summed E-state index contributed by atoms with van der Waals surface area (Å²) in [5.74, 6) is -10.1. The highest BCUT2D eigenvalue weighted by molar-refractivity contribution is 7.13. The van der Waals surface area contributed by atoms with Crippen LogP contribution in [0, 0.1) is 0 Å². The number of phenols is 2. The third kappa shape index (κ3) is 7.50. The Morgan fingerprint density at radius 3 is 2.13 bits per heavy atom. The smallest absolute Gasteiger partial charge is 0.353 e. The van der Waals surface area contributed by atoms with E-state index in [0.717, 1.165) is 37.3 Å². The van der Waals surface area contributed by atoms with Crippen LogP contribution in [0.4, 0.5) is 5.13 Å². The van der Waals surface area contributed by atoms with Gasteiger partial charge in [0, 0.05) is 11.8 Å². The van der Waals surface area contributed by atoms with E-state index in [1.807, 2.05) is 0 Å². The lowest BCUT2D eigenvalue weighted by atomic mass is 10.1. The summed E-state index contributed by atoms with van der Waals surface area (Å²) < 4.78 is 0. The quantitative estimate of drug-likeness (QED) is 0.0395. The number of oxime groups is 2. The average molecular weight is 665 g/mol. The Labute approximate surface area is 260 Å². The number of nitrogens with two attached hydrogens (primary N) is 1. The van der Waals surface area contributed by atoms with E-state index in [9.17, 15) is 59.1 Å². The first-order valence-electron chi connectivity index (χ1n) is 12.5. The fourth-order valence-corrected chi connectivity index (χ4v) is 4.10. The van der Waals surface area contributed by atoms with Crippen molar-refractivity contribution >= 4 is 69.8 Å². The number of imide groups is 1. The number of amides is 3. The molecule has 0 spiro atoms. The Bertz CT molecular complexity index is 1640. The van der Waals surface area contributed by atoms with Crippen LogP contribution >= 0.6 is 11.3 Å². The fraction of sp³-hybridized carbons (Fsp3) is 0.280. The van der Waals surface area contributed by atoms with Gasteiger partial charge in [-0.2, -0.15) is 0 Å². The number of phenolic OH excluding ortho intramolecular Hbond substituents is 2. The van der Waals surface area contributed by atoms with Crippen molar-refractivity contribution in [3.63, 3.8) is 0 Å². The zero-order valence-corrected chi connectivity index (χ0v) is 24.4. The summed E-state index contributed by atoms with van der Waals surface area (Å²) in [5, 5.41) is 58.2. The molecule has 20 nitrogen and oxygen atoms in total. The predicted molar refractivity (Wildman–Crippen MR) is 151 cm³/mol. The van der Waals surface area contributed by atoms with Crippen molar-refractivity contribution in [2.45, 2.75) is 38.0 Å². The van der Waals surface area contributed by atoms with Gasteiger partial charge in [-0.15, -0.1) is 11.3 Å². The number of nitrogen functional groups attached to an aromatic ring is 1. The van der Waals surface area contributed by atoms with Crippen molar-refractivity contribution in [3.05, 3.63) is 34.3 Å². The van der Waals surface area contributed by atoms with E-state index in [0.29, 0.717) is 0 Å². The Kier molecular flexibility index (Phi) is 10.2. The second-order valence-electron chi connectivity index (χ2n) is 9.70. The highest BCUT2D eigenvalue weighted by Gasteiger charge is 2.45. The predicted octanol–water partition coefficient (Wildman–Crippen LogP) is -0.999. The maximum atomic E-state index is 12.9. The molecule has 2 atom stereocenters. The molecule has 2 heterocycles. The molecule has 0 aliphatic carbocycles. The normalized spacial score (nSPS) is 14.7. The number of carboxylic acid groups (broad SMARTS) is 3. The summed E-state index contributed by atoms with van der Waals surface area (Å²) in [4.78, 5) is 99.3. The molecule has 1 aliphatic heterocycles. The summed E-state index contributed by atoms with van der Waals surface area (Å²) in [6.45, 7) is 1.45. The molecule has 0 fully saturated rings. The monoisotopic (exact) mass is 664 g/mol. The number of carboxylic acids is 3. The molecule has 1 aliphatic rings. The number of benzene rings is 1. The highest BCUT2D eigenvalue weighted by atomic mass is 32.1. The van der Waals surface area contributed by atoms with Gasteiger partial charge < -0.3 is 51.1 Å². The molecule has 0 saturated heterocycles. The number of nitrogens with zero attached hydrogens (tertiary/aromatic N) is 4. The number of thiazole rings is 1. The van der Waals surface area contributed by atoms with Crippen LogP contribution < -0.4 is 11.1 Å². The summed E-state index contributed by atoms with van der Waals surface area (Å²) in [6, 6.07) is -2.21. The molecule has 1 aromatic heterocycles. The van der Waals surface area contributed by atoms with Crippen molar-refractivity contribution in [1.29, 1.82) is 0 Å². The Balaban J connectivity index is 1.77. The molecule has 1 aromatic carbocycles. The summed E-state index contributed by atoms with van der Waals surface area (Å²) in [7, 11) is 0. The largest absolute Gasteiger partial charge is 0.504 e. The van der Waals surface area contributed by atoms with Gasteiger partial charge in [-0.25, -0.2) is 19.4 Å². The second-order valence-corrected chi connectivity index (χ2v) is 10.6. The Hall–Kier alpha value is -6.12. The van der Waals surface area contributed by atoms with Gasteiger partial charge in [-0.1, -0.05) is 10.3 Å². The minimum absolute atomic E-state index is 0.0102. The average Bonchev–Trinajstić information content (AvgIpc) is 3.50. The van der Waals surface area contributed by atoms with Crippen molar-refractivity contribution in [1.82, 2.24) is 15.2 Å². The lowest BCUT2D eigenvalue weighted by molar-refractivity contribution is -0.161. The van der Waals surface area contributed by atoms with Crippen molar-refractivity contribution < 1.29 is 68.8 Å². The zero-order valence-electron chi connectivity index (χ0n) is 23.6. The van der Waals surface area contributed by atoms with Gasteiger partial charge in [0.2, 0.25) is 5.60 Å². The number of aromatic hydroxyl groups is 2. The van der Waals surface area contributed by atoms with Crippen LogP contribution in [-0.2, 0) is 33.6 Å². The first-order valence-corrected chi connectivity index (χ1v) is 13.4. The molecule has 3 rings (SSSR count). The van der Waals surface area contributed by atoms with Crippen LogP contribution in [0.25, 0.3) is 0 Å². The van der Waals surface area contributed by atoms with E-state index in [2.05, 4.69) is 20.6 Å². The fourth-order valence-electron chi connectivity index (χ4n) is 3.55. The third-order valence-corrected chi connectivity index (χ3v) is 6.69. The first-order chi connectivity index (χ1) is 21.5. The van der Waals surface area contributed by atoms with E-state index in [1.54, 1.807) is 0 Å². The molecule has 8 N–H and O–H groups in total. The van der Waals surface area contributed by atoms with E-state index in [-0.39, 0.29) is 22.0 Å². The number of anilines is 1. The van der Waals surface area contributed by atoms with Crippen molar-refractivity contribution in [3.8, 4) is 11.5 Å². The zero-order chi connectivity index (χ0) is 34.5. The number of carbonyl (C=O) groups excluding carboxylic acids is 4. The Morgan fingerprint density at radius 1 is 1.09 bits per heavy atom. The summed E-state index contributed by atoms with van der Waals surface area (Å²) in [6.07, 6.45) is -0.933. The first kappa shape index (κ1) is 34.4. The number of aldehydes is 1. The molecule has 0 radical (unpaired) electrons. The SMILES string of the molecule is CC(C)(O/N=C(\C(=O)N[C@H](C=O)CO/N=C(\C[C@@H](C(=O)O)N1C(=O)c2cc(O)c(O)cc2C1=O)C(=O)O)c1csc(N)n1)C(=O)O. The summed E-state index contributed by atoms with van der Waals surface area (Å²) in [5.41, 5.74) is 1.07. The van der Waals surface area contributed by atoms with Crippen LogP contribution in [-0.4, -0.2) is 113 Å². The van der Waals surface area contributed by atoms with Crippen LogP contribution in [0.1, 0.15) is 46.7 Å². The molecular weight excluding hydrogens is 640 g/mol. The summed E-state index contributed by atoms with van der Waals surface area (Å²) >= 11 is 0.905. The maximum absolute atomic E-state index is 12.9. The molecule has 244 valence electrons. The van der Waals surface area contributed by atoms with Gasteiger partial charge in [-0.05, 0) is 26.0 Å². The van der Waals surface area contributed by atoms with Crippen LogP contribution in [0.2, 0.25) is 0 Å². The van der Waals surface area contributed by atoms with Gasteiger partial charge in [0.25, 0.3) is 17.7 Å². The molecule has 0 unspecified atom stereocenters. The van der Waals surface area contributed by atoms with E-state index in [4.69, 9.17) is 15.4 Å². The molecule has 21 heteroatoms. The van der Waals surface area contributed by atoms with Gasteiger partial charge >= 0.3 is 17.9 Å². The van der Waals surface area contributed by atoms with Gasteiger partial charge in [-0.3, -0.25) is 19.3 Å². The number of hydrogen-bond acceptors (Lipinski definition) is 16. The molecule has 3 amide bonds. The standard InChI is InChI=1S/C25H24N6O14S/c1-25(2,23(42)43)45-30-17(13-8-46-24(26)28-13)18(35)27-9(6-32)7-44-29-12(21(38)39)5-14(22(40)41)31-19(36)10-3-15(33)16(34)4-11(10)20(31)37/h3-4,6,8-9,14,33-34H,5,7H2,1-2H3,(H2,26,28)(H,27,35)(H,38,39)(H,40,41)(H,42,43)/b29-12+,30-17-/t9-,14+/m1/s1. The number of aromatic nitrogens is 1. The number of aliphatic carboxylic acids is 3. The van der Waals surface area contributed by atoms with Gasteiger partial charge in [0.05, 0.1) is 11.1 Å². The molecule has 0 bridgehead atoms. The lowest BCUT2D eigenvalue weighted by Gasteiger charge is -2.22. The Morgan fingerprint density at radius 2 is 1.67 bits per heavy atom. The van der Waals surface area contributed by atoms with E-state index >= 15 is 0 Å². The number of hydrogen-bond donors (Lipinski definition) is 7. The van der Waals surface area contributed by atoms with Crippen LogP contribution in [0.3, 0.4) is 0 Å². The van der Waals surface area contributed by atoms with Gasteiger partial charge in [0.1, 0.15) is 30.7 Å². The molecule has 2 aromatic rings. The van der Waals surface area contributed by atoms with E-state index < -0.39 is 100 Å².